The molecule has 1 aliphatic rings. The number of amides is 2. The molecule has 150 valence electrons. The molecule has 1 atom stereocenters. The van der Waals surface area contributed by atoms with E-state index in [2.05, 4.69) is 5.32 Å². The fourth-order valence-corrected chi connectivity index (χ4v) is 3.82. The van der Waals surface area contributed by atoms with E-state index in [9.17, 15) is 4.79 Å². The van der Waals surface area contributed by atoms with Gasteiger partial charge in [-0.05, 0) is 30.4 Å². The Labute approximate surface area is 171 Å². The molecule has 1 N–H and O–H groups in total. The summed E-state index contributed by atoms with van der Waals surface area (Å²) in [4.78, 5) is 15.1. The highest BCUT2D eigenvalue weighted by molar-refractivity contribution is 6.01. The Morgan fingerprint density at radius 3 is 2.72 bits per heavy atom. The van der Waals surface area contributed by atoms with Gasteiger partial charge in [-0.1, -0.05) is 54.6 Å². The molecule has 4 rings (SSSR count). The normalized spacial score (nSPS) is 16.0. The van der Waals surface area contributed by atoms with Gasteiger partial charge in [-0.3, -0.25) is 0 Å². The lowest BCUT2D eigenvalue weighted by molar-refractivity contribution is 0.0817. The van der Waals surface area contributed by atoms with Crippen molar-refractivity contribution >= 4 is 22.5 Å². The number of rotatable bonds is 6. The molecule has 1 saturated heterocycles. The molecule has 0 aliphatic carbocycles. The third-order valence-corrected chi connectivity index (χ3v) is 5.32. The number of carbonyl (C=O) groups excluding carboxylic acids is 1. The third kappa shape index (κ3) is 4.51. The number of nitrogens with zero attached hydrogens (tertiary/aromatic N) is 1. The second-order valence-corrected chi connectivity index (χ2v) is 7.28. The Balaban J connectivity index is 1.58. The van der Waals surface area contributed by atoms with Crippen molar-refractivity contribution in [3.05, 3.63) is 72.3 Å². The Hall–Kier alpha value is -3.05. The summed E-state index contributed by atoms with van der Waals surface area (Å²) in [5.74, 6) is 0.780. The molecule has 5 heteroatoms. The van der Waals surface area contributed by atoms with E-state index >= 15 is 0 Å². The van der Waals surface area contributed by atoms with Crippen molar-refractivity contribution in [3.8, 4) is 5.75 Å². The summed E-state index contributed by atoms with van der Waals surface area (Å²) in [6.45, 7) is 1.77. The van der Waals surface area contributed by atoms with E-state index in [0.717, 1.165) is 47.2 Å². The number of nitrogens with one attached hydrogen (secondary N) is 1. The van der Waals surface area contributed by atoms with Crippen molar-refractivity contribution in [2.45, 2.75) is 25.5 Å². The Morgan fingerprint density at radius 1 is 1.10 bits per heavy atom. The van der Waals surface area contributed by atoms with Crippen LogP contribution in [-0.4, -0.2) is 37.3 Å². The lowest BCUT2D eigenvalue weighted by Gasteiger charge is -2.27. The van der Waals surface area contributed by atoms with Crippen molar-refractivity contribution in [1.82, 2.24) is 4.90 Å². The number of benzene rings is 3. The van der Waals surface area contributed by atoms with Crippen LogP contribution < -0.4 is 10.1 Å². The Bertz CT molecular complexity index is 977. The quantitative estimate of drug-likeness (QED) is 0.640. The monoisotopic (exact) mass is 390 g/mol. The minimum atomic E-state index is -0.136. The van der Waals surface area contributed by atoms with Crippen LogP contribution in [0.2, 0.25) is 0 Å². The van der Waals surface area contributed by atoms with E-state index in [-0.39, 0.29) is 12.1 Å². The van der Waals surface area contributed by atoms with Gasteiger partial charge >= 0.3 is 6.03 Å². The number of anilines is 1. The van der Waals surface area contributed by atoms with E-state index in [0.29, 0.717) is 13.1 Å². The van der Waals surface area contributed by atoms with E-state index in [4.69, 9.17) is 9.47 Å². The first-order valence-electron chi connectivity index (χ1n) is 10.0. The van der Waals surface area contributed by atoms with Crippen LogP contribution in [0.5, 0.6) is 5.75 Å². The van der Waals surface area contributed by atoms with E-state index in [1.165, 1.54) is 0 Å². The highest BCUT2D eigenvalue weighted by atomic mass is 16.5. The number of ether oxygens (including phenoxy) is 2. The number of fused-ring (bicyclic) bond motifs is 1. The SMILES string of the molecule is COc1ccccc1CN(CC1CCCO1)C(=O)Nc1cccc2ccccc12. The van der Waals surface area contributed by atoms with Crippen molar-refractivity contribution in [2.24, 2.45) is 0 Å². The van der Waals surface area contributed by atoms with Gasteiger partial charge in [-0.25, -0.2) is 4.79 Å². The largest absolute Gasteiger partial charge is 0.496 e. The first kappa shape index (κ1) is 19.3. The van der Waals surface area contributed by atoms with Gasteiger partial charge in [-0.15, -0.1) is 0 Å². The molecule has 0 radical (unpaired) electrons. The maximum atomic E-state index is 13.3. The summed E-state index contributed by atoms with van der Waals surface area (Å²) >= 11 is 0. The molecule has 3 aromatic carbocycles. The van der Waals surface area contributed by atoms with Gasteiger partial charge < -0.3 is 19.7 Å². The number of hydrogen-bond acceptors (Lipinski definition) is 3. The summed E-state index contributed by atoms with van der Waals surface area (Å²) in [6, 6.07) is 21.7. The van der Waals surface area contributed by atoms with Gasteiger partial charge in [-0.2, -0.15) is 0 Å². The molecule has 1 unspecified atom stereocenters. The molecule has 0 bridgehead atoms. The van der Waals surface area contributed by atoms with Crippen LogP contribution in [0.4, 0.5) is 10.5 Å². The van der Waals surface area contributed by atoms with Crippen LogP contribution in [0.3, 0.4) is 0 Å². The van der Waals surface area contributed by atoms with Gasteiger partial charge in [0.1, 0.15) is 5.75 Å². The minimum absolute atomic E-state index is 0.0722. The lowest BCUT2D eigenvalue weighted by atomic mass is 10.1. The first-order chi connectivity index (χ1) is 14.2. The van der Waals surface area contributed by atoms with Crippen molar-refractivity contribution in [3.63, 3.8) is 0 Å². The smallest absolute Gasteiger partial charge is 0.322 e. The minimum Gasteiger partial charge on any atom is -0.496 e. The second kappa shape index (κ2) is 8.97. The average molecular weight is 390 g/mol. The van der Waals surface area contributed by atoms with E-state index in [1.807, 2.05) is 71.6 Å². The molecule has 1 aliphatic heterocycles. The zero-order chi connectivity index (χ0) is 20.1. The molecule has 0 saturated carbocycles. The van der Waals surface area contributed by atoms with Crippen LogP contribution in [0, 0.1) is 0 Å². The molecular formula is C24H26N2O3. The fraction of sp³-hybridized carbons (Fsp3) is 0.292. The van der Waals surface area contributed by atoms with E-state index in [1.54, 1.807) is 7.11 Å². The summed E-state index contributed by atoms with van der Waals surface area (Å²) in [5, 5.41) is 5.23. The second-order valence-electron chi connectivity index (χ2n) is 7.28. The number of methoxy groups -OCH3 is 1. The molecule has 1 heterocycles. The molecule has 1 fully saturated rings. The molecule has 0 aromatic heterocycles. The predicted molar refractivity (Wildman–Crippen MR) is 115 cm³/mol. The van der Waals surface area contributed by atoms with Gasteiger partial charge in [0.15, 0.2) is 0 Å². The molecule has 29 heavy (non-hydrogen) atoms. The maximum Gasteiger partial charge on any atom is 0.322 e. The Morgan fingerprint density at radius 2 is 1.90 bits per heavy atom. The van der Waals surface area contributed by atoms with Crippen molar-refractivity contribution in [1.29, 1.82) is 0 Å². The first-order valence-corrected chi connectivity index (χ1v) is 10.0. The van der Waals surface area contributed by atoms with Gasteiger partial charge in [0, 0.05) is 24.1 Å². The average Bonchev–Trinajstić information content (AvgIpc) is 3.27. The highest BCUT2D eigenvalue weighted by Crippen LogP contribution is 2.25. The molecule has 0 spiro atoms. The number of hydrogen-bond donors (Lipinski definition) is 1. The fourth-order valence-electron chi connectivity index (χ4n) is 3.82. The summed E-state index contributed by atoms with van der Waals surface area (Å²) in [5.41, 5.74) is 1.78. The number of carbonyl (C=O) groups is 1. The topological polar surface area (TPSA) is 50.8 Å². The third-order valence-electron chi connectivity index (χ3n) is 5.32. The highest BCUT2D eigenvalue weighted by Gasteiger charge is 2.24. The van der Waals surface area contributed by atoms with E-state index < -0.39 is 0 Å². The van der Waals surface area contributed by atoms with Crippen LogP contribution >= 0.6 is 0 Å². The van der Waals surface area contributed by atoms with Crippen LogP contribution in [0.25, 0.3) is 10.8 Å². The standard InChI is InChI=1S/C24H26N2O3/c1-28-23-14-5-3-9-19(23)16-26(17-20-11-7-15-29-20)24(27)25-22-13-6-10-18-8-2-4-12-21(18)22/h2-6,8-10,12-14,20H,7,11,15-17H2,1H3,(H,25,27). The van der Waals surface area contributed by atoms with Crippen molar-refractivity contribution in [2.75, 3.05) is 25.6 Å². The Kier molecular flexibility index (Phi) is 5.96. The summed E-state index contributed by atoms with van der Waals surface area (Å²) in [7, 11) is 1.65. The van der Waals surface area contributed by atoms with Gasteiger partial charge in [0.2, 0.25) is 0 Å². The van der Waals surface area contributed by atoms with Crippen LogP contribution in [0.15, 0.2) is 66.7 Å². The zero-order valence-electron chi connectivity index (χ0n) is 16.6. The zero-order valence-corrected chi connectivity index (χ0v) is 16.6. The molecule has 5 nitrogen and oxygen atoms in total. The summed E-state index contributed by atoms with van der Waals surface area (Å²) < 4.78 is 11.3. The van der Waals surface area contributed by atoms with Gasteiger partial charge in [0.25, 0.3) is 0 Å². The molecular weight excluding hydrogens is 364 g/mol. The van der Waals surface area contributed by atoms with Crippen LogP contribution in [0.1, 0.15) is 18.4 Å². The number of para-hydroxylation sites is 1. The van der Waals surface area contributed by atoms with Gasteiger partial charge in [0.05, 0.1) is 25.4 Å². The van der Waals surface area contributed by atoms with Crippen molar-refractivity contribution < 1.29 is 14.3 Å². The lowest BCUT2D eigenvalue weighted by Crippen LogP contribution is -2.39. The maximum absolute atomic E-state index is 13.3. The molecule has 3 aromatic rings. The van der Waals surface area contributed by atoms with Crippen LogP contribution in [-0.2, 0) is 11.3 Å². The molecule has 2 amide bonds. The number of urea groups is 1. The predicted octanol–water partition coefficient (Wildman–Crippen LogP) is 5.06. The summed E-state index contributed by atoms with van der Waals surface area (Å²) in [6.07, 6.45) is 2.09.